The van der Waals surface area contributed by atoms with Gasteiger partial charge in [0.15, 0.2) is 0 Å². The van der Waals surface area contributed by atoms with Gasteiger partial charge in [-0.15, -0.1) is 0 Å². The van der Waals surface area contributed by atoms with Crippen LogP contribution in [0.4, 0.5) is 9.18 Å². The lowest BCUT2D eigenvalue weighted by Crippen LogP contribution is -2.49. The number of aliphatic hydroxyl groups is 1. The molecule has 5 nitrogen and oxygen atoms in total. The first-order chi connectivity index (χ1) is 10.6. The second kappa shape index (κ2) is 5.16. The van der Waals surface area contributed by atoms with Gasteiger partial charge in [0, 0.05) is 17.3 Å². The second-order valence-corrected chi connectivity index (χ2v) is 7.89. The average Bonchev–Trinajstić information content (AvgIpc) is 2.84. The van der Waals surface area contributed by atoms with Gasteiger partial charge in [-0.05, 0) is 52.5 Å². The summed E-state index contributed by atoms with van der Waals surface area (Å²) in [6, 6.07) is 0.863. The second-order valence-electron chi connectivity index (χ2n) is 7.89. The summed E-state index contributed by atoms with van der Waals surface area (Å²) in [5.74, 6) is -0.298. The van der Waals surface area contributed by atoms with E-state index in [0.29, 0.717) is 5.56 Å². The van der Waals surface area contributed by atoms with Crippen LogP contribution >= 0.6 is 0 Å². The third-order valence-electron chi connectivity index (χ3n) is 4.75. The first kappa shape index (κ1) is 16.2. The molecule has 2 atom stereocenters. The molecular weight excluding hydrogens is 299 g/mol. The van der Waals surface area contributed by atoms with Crippen LogP contribution in [0.5, 0.6) is 0 Å². The topological polar surface area (TPSA) is 62.7 Å². The lowest BCUT2D eigenvalue weighted by Gasteiger charge is -2.39. The average molecular weight is 322 g/mol. The molecule has 1 amide bonds. The Bertz CT molecular complexity index is 623. The predicted molar refractivity (Wildman–Crippen MR) is 82.1 cm³/mol. The molecule has 1 aliphatic carbocycles. The van der Waals surface area contributed by atoms with Gasteiger partial charge in [0.25, 0.3) is 0 Å². The van der Waals surface area contributed by atoms with Gasteiger partial charge < -0.3 is 9.84 Å². The number of nitrogens with zero attached hydrogens (tertiary/aromatic N) is 2. The molecule has 0 radical (unpaired) electrons. The summed E-state index contributed by atoms with van der Waals surface area (Å²) in [5, 5.41) is 10.7. The summed E-state index contributed by atoms with van der Waals surface area (Å²) in [6.45, 7) is 7.45. The van der Waals surface area contributed by atoms with Crippen LogP contribution in [0.15, 0.2) is 18.5 Å². The normalized spacial score (nSPS) is 30.8. The fraction of sp³-hybridized carbons (Fsp3) is 0.647. The van der Waals surface area contributed by atoms with Crippen molar-refractivity contribution in [1.82, 2.24) is 9.88 Å². The number of fused-ring (bicyclic) bond motifs is 1. The zero-order valence-electron chi connectivity index (χ0n) is 13.9. The van der Waals surface area contributed by atoms with Gasteiger partial charge in [-0.1, -0.05) is 0 Å². The lowest BCUT2D eigenvalue weighted by molar-refractivity contribution is -0.00907. The van der Waals surface area contributed by atoms with Crippen LogP contribution in [0.1, 0.15) is 52.2 Å². The maximum absolute atomic E-state index is 13.4. The first-order valence-electron chi connectivity index (χ1n) is 7.92. The predicted octanol–water partition coefficient (Wildman–Crippen LogP) is 3.04. The molecule has 1 aromatic rings. The standard InChI is InChI=1S/C17H23FN2O3/c1-16(2,3)23-15(22)20-13(11-6-17(20,4)7-11)14(21)10-5-12(18)9-19-8-10/h5,8-9,11,13-14,21H,6-7H2,1-4H3/t11?,13-,14+,17?/m0/s1. The molecule has 2 saturated heterocycles. The van der Waals surface area contributed by atoms with Crippen molar-refractivity contribution in [3.8, 4) is 0 Å². The zero-order chi connectivity index (χ0) is 17.0. The molecule has 1 saturated carbocycles. The third-order valence-corrected chi connectivity index (χ3v) is 4.75. The largest absolute Gasteiger partial charge is 0.444 e. The molecule has 6 heteroatoms. The fourth-order valence-electron chi connectivity index (χ4n) is 3.92. The first-order valence-corrected chi connectivity index (χ1v) is 7.92. The highest BCUT2D eigenvalue weighted by molar-refractivity contribution is 5.71. The number of amides is 1. The summed E-state index contributed by atoms with van der Waals surface area (Å²) >= 11 is 0. The van der Waals surface area contributed by atoms with Gasteiger partial charge >= 0.3 is 6.09 Å². The molecule has 2 bridgehead atoms. The van der Waals surface area contributed by atoms with E-state index in [1.807, 2.05) is 27.7 Å². The van der Waals surface area contributed by atoms with E-state index in [0.717, 1.165) is 19.0 Å². The van der Waals surface area contributed by atoms with Gasteiger partial charge in [-0.25, -0.2) is 9.18 Å². The summed E-state index contributed by atoms with van der Waals surface area (Å²) in [5.41, 5.74) is -0.505. The monoisotopic (exact) mass is 322 g/mol. The van der Waals surface area contributed by atoms with Crippen molar-refractivity contribution in [3.05, 3.63) is 29.8 Å². The zero-order valence-corrected chi connectivity index (χ0v) is 13.9. The Kier molecular flexibility index (Phi) is 3.63. The smallest absolute Gasteiger partial charge is 0.411 e. The van der Waals surface area contributed by atoms with Crippen molar-refractivity contribution >= 4 is 6.09 Å². The Balaban J connectivity index is 1.87. The van der Waals surface area contributed by atoms with E-state index in [-0.39, 0.29) is 11.5 Å². The van der Waals surface area contributed by atoms with Gasteiger partial charge in [0.05, 0.1) is 12.2 Å². The number of halogens is 1. The molecule has 2 aliphatic heterocycles. The van der Waals surface area contributed by atoms with E-state index in [9.17, 15) is 14.3 Å². The van der Waals surface area contributed by atoms with E-state index in [1.54, 1.807) is 4.90 Å². The van der Waals surface area contributed by atoms with Crippen molar-refractivity contribution in [1.29, 1.82) is 0 Å². The van der Waals surface area contributed by atoms with Crippen LogP contribution < -0.4 is 0 Å². The number of hydrogen-bond acceptors (Lipinski definition) is 4. The van der Waals surface area contributed by atoms with Crippen LogP contribution in [0.2, 0.25) is 0 Å². The van der Waals surface area contributed by atoms with Crippen LogP contribution in [0, 0.1) is 11.7 Å². The summed E-state index contributed by atoms with van der Waals surface area (Å²) in [6.07, 6.45) is 2.80. The van der Waals surface area contributed by atoms with Gasteiger partial charge in [-0.2, -0.15) is 0 Å². The third kappa shape index (κ3) is 2.80. The minimum Gasteiger partial charge on any atom is -0.444 e. The Morgan fingerprint density at radius 1 is 1.48 bits per heavy atom. The fourth-order valence-corrected chi connectivity index (χ4v) is 3.92. The molecule has 3 heterocycles. The van der Waals surface area contributed by atoms with E-state index < -0.39 is 29.7 Å². The molecule has 3 aliphatic rings. The molecular formula is C17H23FN2O3. The van der Waals surface area contributed by atoms with Gasteiger partial charge in [0.2, 0.25) is 0 Å². The van der Waals surface area contributed by atoms with Crippen molar-refractivity contribution < 1.29 is 19.0 Å². The lowest BCUT2D eigenvalue weighted by atomic mass is 9.72. The molecule has 0 aromatic carbocycles. The number of aromatic nitrogens is 1. The van der Waals surface area contributed by atoms with Crippen molar-refractivity contribution in [2.24, 2.45) is 5.92 Å². The quantitative estimate of drug-likeness (QED) is 0.909. The molecule has 126 valence electrons. The van der Waals surface area contributed by atoms with Gasteiger partial charge in [-0.3, -0.25) is 9.88 Å². The molecule has 1 N–H and O–H groups in total. The van der Waals surface area contributed by atoms with E-state index in [1.165, 1.54) is 12.3 Å². The highest BCUT2D eigenvalue weighted by Crippen LogP contribution is 2.57. The molecule has 23 heavy (non-hydrogen) atoms. The summed E-state index contributed by atoms with van der Waals surface area (Å²) in [4.78, 5) is 18.1. The molecule has 0 unspecified atom stereocenters. The Labute approximate surface area is 135 Å². The maximum atomic E-state index is 13.4. The number of hydrogen-bond donors (Lipinski definition) is 1. The molecule has 4 rings (SSSR count). The highest BCUT2D eigenvalue weighted by Gasteiger charge is 2.63. The van der Waals surface area contributed by atoms with Crippen LogP contribution in [-0.4, -0.2) is 38.3 Å². The van der Waals surface area contributed by atoms with Crippen LogP contribution in [-0.2, 0) is 4.74 Å². The van der Waals surface area contributed by atoms with Crippen molar-refractivity contribution in [2.45, 2.75) is 63.8 Å². The van der Waals surface area contributed by atoms with Crippen LogP contribution in [0.25, 0.3) is 0 Å². The molecule has 3 fully saturated rings. The van der Waals surface area contributed by atoms with Crippen LogP contribution in [0.3, 0.4) is 0 Å². The van der Waals surface area contributed by atoms with Crippen molar-refractivity contribution in [3.63, 3.8) is 0 Å². The Morgan fingerprint density at radius 3 is 2.70 bits per heavy atom. The van der Waals surface area contributed by atoms with E-state index in [2.05, 4.69) is 4.98 Å². The highest BCUT2D eigenvalue weighted by atomic mass is 19.1. The van der Waals surface area contributed by atoms with E-state index in [4.69, 9.17) is 4.74 Å². The number of carbonyl (C=O) groups is 1. The molecule has 0 spiro atoms. The minimum atomic E-state index is -0.972. The number of carbonyl (C=O) groups excluding carboxylic acids is 1. The summed E-state index contributed by atoms with van der Waals surface area (Å²) < 4.78 is 18.9. The molecule has 1 aromatic heterocycles. The SMILES string of the molecule is CC(C)(C)OC(=O)N1[C@H]([C@H](O)c2cncc(F)c2)C2CC1(C)C2. The maximum Gasteiger partial charge on any atom is 0.411 e. The Morgan fingerprint density at radius 2 is 2.13 bits per heavy atom. The number of aliphatic hydroxyl groups excluding tert-OH is 1. The van der Waals surface area contributed by atoms with Crippen molar-refractivity contribution in [2.75, 3.05) is 0 Å². The minimum absolute atomic E-state index is 0.200. The van der Waals surface area contributed by atoms with E-state index >= 15 is 0 Å². The summed E-state index contributed by atoms with van der Waals surface area (Å²) in [7, 11) is 0. The number of pyridine rings is 1. The number of ether oxygens (including phenoxy) is 1. The number of rotatable bonds is 2. The van der Waals surface area contributed by atoms with Gasteiger partial charge in [0.1, 0.15) is 17.5 Å². The Hall–Kier alpha value is -1.69.